The number of ether oxygens (including phenoxy) is 3. The number of phenolic OH excluding ortho intramolecular Hbond substituents is 1. The Morgan fingerprint density at radius 1 is 1.32 bits per heavy atom. The van der Waals surface area contributed by atoms with E-state index in [0.717, 1.165) is 0 Å². The summed E-state index contributed by atoms with van der Waals surface area (Å²) in [7, 11) is 0. The molecule has 0 saturated carbocycles. The molecule has 0 aliphatic carbocycles. The molecule has 1 aromatic carbocycles. The Labute approximate surface area is 204 Å². The van der Waals surface area contributed by atoms with E-state index >= 15 is 0 Å². The summed E-state index contributed by atoms with van der Waals surface area (Å²) >= 11 is 6.21. The summed E-state index contributed by atoms with van der Waals surface area (Å²) in [6.07, 6.45) is -0.158. The number of piperidine rings is 1. The molecule has 2 aliphatic heterocycles. The molecule has 2 heterocycles. The van der Waals surface area contributed by atoms with Crippen molar-refractivity contribution in [3.63, 3.8) is 0 Å². The van der Waals surface area contributed by atoms with Gasteiger partial charge in [0.2, 0.25) is 0 Å². The third-order valence-electron chi connectivity index (χ3n) is 5.95. The van der Waals surface area contributed by atoms with Crippen LogP contribution in [0, 0.1) is 5.92 Å². The number of amides is 2. The van der Waals surface area contributed by atoms with Gasteiger partial charge in [0.05, 0.1) is 12.6 Å². The molecule has 2 fully saturated rings. The molecule has 34 heavy (non-hydrogen) atoms. The van der Waals surface area contributed by atoms with Crippen LogP contribution in [0.25, 0.3) is 0 Å². The molecule has 2 saturated heterocycles. The number of phenols is 1. The van der Waals surface area contributed by atoms with Crippen LogP contribution < -0.4 is 5.32 Å². The van der Waals surface area contributed by atoms with Gasteiger partial charge in [-0.1, -0.05) is 11.6 Å². The number of hydrogen-bond donors (Lipinski definition) is 2. The minimum absolute atomic E-state index is 0.119. The van der Waals surface area contributed by atoms with E-state index in [1.165, 1.54) is 12.1 Å². The number of carbonyl (C=O) groups excluding carboxylic acids is 2. The quantitative estimate of drug-likeness (QED) is 0.619. The van der Waals surface area contributed by atoms with E-state index in [1.807, 2.05) is 0 Å². The van der Waals surface area contributed by atoms with E-state index in [0.29, 0.717) is 31.5 Å². The number of likely N-dealkylation sites (tertiary alicyclic amines) is 1. The first-order valence-corrected chi connectivity index (χ1v) is 11.8. The smallest absolute Gasteiger partial charge is 0.408 e. The lowest BCUT2D eigenvalue weighted by atomic mass is 9.84. The minimum atomic E-state index is -0.818. The molecule has 3 rings (SSSR count). The number of alkyl carbamates (subject to hydrolysis) is 1. The summed E-state index contributed by atoms with van der Waals surface area (Å²) in [6.45, 7) is 9.10. The standard InChI is InChI=1S/C24H34ClFN2O6/c1-23(2,3)34-22(31)27-20(16-11-17(25)15(12-26)10-18(16)29)14-6-8-28(9-7-14)21(30)19-13-32-24(4,5)33-19/h10-11,14,19-20,29H,6-9,12-13H2,1-5H3,(H,27,31)/t19-,20-/m1/s1. The minimum Gasteiger partial charge on any atom is -0.508 e. The molecule has 10 heteroatoms. The molecule has 2 amide bonds. The second kappa shape index (κ2) is 10.3. The molecule has 2 aliphatic rings. The molecule has 1 aromatic rings. The lowest BCUT2D eigenvalue weighted by molar-refractivity contribution is -0.161. The Balaban J connectivity index is 1.76. The molecule has 0 aromatic heterocycles. The predicted molar refractivity (Wildman–Crippen MR) is 124 cm³/mol. The number of halogens is 2. The highest BCUT2D eigenvalue weighted by Crippen LogP contribution is 2.38. The Kier molecular flexibility index (Phi) is 7.99. The molecule has 0 spiro atoms. The van der Waals surface area contributed by atoms with Crippen LogP contribution in [-0.4, -0.2) is 59.2 Å². The van der Waals surface area contributed by atoms with Crippen LogP contribution >= 0.6 is 11.6 Å². The largest absolute Gasteiger partial charge is 0.508 e. The van der Waals surface area contributed by atoms with Crippen molar-refractivity contribution in [1.29, 1.82) is 0 Å². The van der Waals surface area contributed by atoms with Crippen molar-refractivity contribution in [1.82, 2.24) is 10.2 Å². The van der Waals surface area contributed by atoms with Crippen molar-refractivity contribution in [3.8, 4) is 5.75 Å². The third-order valence-corrected chi connectivity index (χ3v) is 6.31. The van der Waals surface area contributed by atoms with Crippen LogP contribution in [0.1, 0.15) is 64.6 Å². The summed E-state index contributed by atoms with van der Waals surface area (Å²) in [5.41, 5.74) is -0.160. The van der Waals surface area contributed by atoms with Crippen molar-refractivity contribution < 1.29 is 33.3 Å². The topological polar surface area (TPSA) is 97.3 Å². The van der Waals surface area contributed by atoms with Gasteiger partial charge in [-0.25, -0.2) is 9.18 Å². The Bertz CT molecular complexity index is 911. The predicted octanol–water partition coefficient (Wildman–Crippen LogP) is 4.47. The highest BCUT2D eigenvalue weighted by molar-refractivity contribution is 6.31. The molecule has 190 valence electrons. The normalized spacial score (nSPS) is 21.9. The van der Waals surface area contributed by atoms with Crippen LogP contribution in [0.4, 0.5) is 9.18 Å². The number of alkyl halides is 1. The van der Waals surface area contributed by atoms with Gasteiger partial charge >= 0.3 is 6.09 Å². The molecule has 0 radical (unpaired) electrons. The van der Waals surface area contributed by atoms with Crippen LogP contribution in [0.5, 0.6) is 5.75 Å². The number of benzene rings is 1. The van der Waals surface area contributed by atoms with Crippen molar-refractivity contribution in [2.45, 2.75) is 77.7 Å². The zero-order chi connectivity index (χ0) is 25.3. The van der Waals surface area contributed by atoms with E-state index in [9.17, 15) is 19.1 Å². The van der Waals surface area contributed by atoms with Crippen molar-refractivity contribution in [3.05, 3.63) is 28.3 Å². The van der Waals surface area contributed by atoms with E-state index in [1.54, 1.807) is 39.5 Å². The summed E-state index contributed by atoms with van der Waals surface area (Å²) in [5, 5.41) is 13.6. The first-order chi connectivity index (χ1) is 15.8. The summed E-state index contributed by atoms with van der Waals surface area (Å²) in [4.78, 5) is 27.2. The van der Waals surface area contributed by atoms with Crippen molar-refractivity contribution in [2.24, 2.45) is 5.92 Å². The molecule has 0 unspecified atom stereocenters. The first-order valence-electron chi connectivity index (χ1n) is 11.5. The number of rotatable bonds is 5. The van der Waals surface area contributed by atoms with Gasteiger partial charge in [0.15, 0.2) is 11.9 Å². The zero-order valence-corrected chi connectivity index (χ0v) is 21.1. The van der Waals surface area contributed by atoms with Gasteiger partial charge in [-0.3, -0.25) is 4.79 Å². The average Bonchev–Trinajstić information content (AvgIpc) is 3.11. The summed E-state index contributed by atoms with van der Waals surface area (Å²) in [5.74, 6) is -1.19. The van der Waals surface area contributed by atoms with Gasteiger partial charge in [-0.05, 0) is 65.5 Å². The number of carbonyl (C=O) groups is 2. The molecular weight excluding hydrogens is 467 g/mol. The second-order valence-corrected chi connectivity index (χ2v) is 10.6. The van der Waals surface area contributed by atoms with Crippen molar-refractivity contribution in [2.75, 3.05) is 19.7 Å². The summed E-state index contributed by atoms with van der Waals surface area (Å²) < 4.78 is 29.8. The monoisotopic (exact) mass is 500 g/mol. The number of aromatic hydroxyl groups is 1. The van der Waals surface area contributed by atoms with Gasteiger partial charge in [0.25, 0.3) is 5.91 Å². The maximum Gasteiger partial charge on any atom is 0.408 e. The number of hydrogen-bond acceptors (Lipinski definition) is 6. The SMILES string of the molecule is CC(C)(C)OC(=O)N[C@@H](c1cc(Cl)c(CF)cc1O)C1CCN(C(=O)[C@H]2COC(C)(C)O2)CC1. The average molecular weight is 501 g/mol. The molecular formula is C24H34ClFN2O6. The summed E-state index contributed by atoms with van der Waals surface area (Å²) in [6, 6.07) is 2.12. The maximum atomic E-state index is 13.2. The Morgan fingerprint density at radius 2 is 1.97 bits per heavy atom. The zero-order valence-electron chi connectivity index (χ0n) is 20.3. The highest BCUT2D eigenvalue weighted by Gasteiger charge is 2.40. The van der Waals surface area contributed by atoms with Gasteiger partial charge in [0, 0.05) is 29.2 Å². The van der Waals surface area contributed by atoms with E-state index in [2.05, 4.69) is 5.32 Å². The fourth-order valence-electron chi connectivity index (χ4n) is 4.32. The van der Waals surface area contributed by atoms with Gasteiger partial charge < -0.3 is 29.5 Å². The van der Waals surface area contributed by atoms with E-state index in [4.69, 9.17) is 25.8 Å². The van der Waals surface area contributed by atoms with E-state index < -0.39 is 36.3 Å². The van der Waals surface area contributed by atoms with Crippen LogP contribution in [-0.2, 0) is 25.7 Å². The second-order valence-electron chi connectivity index (χ2n) is 10.2. The number of nitrogens with one attached hydrogen (secondary N) is 1. The third kappa shape index (κ3) is 6.52. The number of nitrogens with zero attached hydrogens (tertiary/aromatic N) is 1. The van der Waals surface area contributed by atoms with Crippen LogP contribution in [0.2, 0.25) is 5.02 Å². The highest BCUT2D eigenvalue weighted by atomic mass is 35.5. The molecule has 2 N–H and O–H groups in total. The van der Waals surface area contributed by atoms with Gasteiger partial charge in [0.1, 0.15) is 18.0 Å². The lowest BCUT2D eigenvalue weighted by Gasteiger charge is -2.37. The fourth-order valence-corrected chi connectivity index (χ4v) is 4.54. The van der Waals surface area contributed by atoms with E-state index in [-0.39, 0.29) is 34.8 Å². The Hall–Kier alpha value is -2.10. The molecule has 8 nitrogen and oxygen atoms in total. The Morgan fingerprint density at radius 3 is 2.50 bits per heavy atom. The lowest BCUT2D eigenvalue weighted by Crippen LogP contribution is -2.47. The fraction of sp³-hybridized carbons (Fsp3) is 0.667. The van der Waals surface area contributed by atoms with Gasteiger partial charge in [-0.2, -0.15) is 0 Å². The molecule has 0 bridgehead atoms. The van der Waals surface area contributed by atoms with Gasteiger partial charge in [-0.15, -0.1) is 0 Å². The van der Waals surface area contributed by atoms with Crippen LogP contribution in [0.15, 0.2) is 12.1 Å². The maximum absolute atomic E-state index is 13.2. The van der Waals surface area contributed by atoms with Crippen molar-refractivity contribution >= 4 is 23.6 Å². The first kappa shape index (κ1) is 26.5. The molecule has 2 atom stereocenters. The van der Waals surface area contributed by atoms with Crippen LogP contribution in [0.3, 0.4) is 0 Å².